The van der Waals surface area contributed by atoms with Gasteiger partial charge in [-0.05, 0) is 24.3 Å². The van der Waals surface area contributed by atoms with E-state index in [4.69, 9.17) is 4.74 Å². The van der Waals surface area contributed by atoms with Crippen molar-refractivity contribution < 1.29 is 18.7 Å². The molecule has 1 atom stereocenters. The summed E-state index contributed by atoms with van der Waals surface area (Å²) in [6.45, 7) is 3.61. The van der Waals surface area contributed by atoms with Gasteiger partial charge in [-0.3, -0.25) is 9.59 Å². The molecule has 1 saturated heterocycles. The number of hydrogen-bond donors (Lipinski definition) is 0. The molecule has 2 aromatic carbocycles. The molecule has 2 aromatic rings. The summed E-state index contributed by atoms with van der Waals surface area (Å²) in [4.78, 5) is 28.2. The zero-order chi connectivity index (χ0) is 18.5. The first kappa shape index (κ1) is 17.9. The van der Waals surface area contributed by atoms with Gasteiger partial charge < -0.3 is 14.5 Å². The van der Waals surface area contributed by atoms with Gasteiger partial charge in [0.1, 0.15) is 5.82 Å². The Morgan fingerprint density at radius 2 is 1.58 bits per heavy atom. The maximum atomic E-state index is 13.1. The number of carbonyl (C=O) groups is 2. The molecule has 0 radical (unpaired) electrons. The fourth-order valence-corrected chi connectivity index (χ4v) is 3.06. The Morgan fingerprint density at radius 3 is 2.15 bits per heavy atom. The molecular formula is C20H21FN2O3. The second-order valence-electron chi connectivity index (χ2n) is 6.19. The van der Waals surface area contributed by atoms with Crippen LogP contribution in [0.3, 0.4) is 0 Å². The first-order valence-corrected chi connectivity index (χ1v) is 8.56. The van der Waals surface area contributed by atoms with E-state index in [1.165, 1.54) is 19.1 Å². The van der Waals surface area contributed by atoms with Gasteiger partial charge in [-0.2, -0.15) is 0 Å². The number of nitrogens with zero attached hydrogens (tertiary/aromatic N) is 2. The maximum Gasteiger partial charge on any atom is 0.303 e. The number of amides is 1. The lowest BCUT2D eigenvalue weighted by atomic mass is 10.1. The van der Waals surface area contributed by atoms with Gasteiger partial charge in [-0.15, -0.1) is 0 Å². The lowest BCUT2D eigenvalue weighted by Gasteiger charge is -2.37. The van der Waals surface area contributed by atoms with Crippen LogP contribution in [0, 0.1) is 5.82 Å². The monoisotopic (exact) mass is 356 g/mol. The van der Waals surface area contributed by atoms with Crippen molar-refractivity contribution in [1.82, 2.24) is 4.90 Å². The van der Waals surface area contributed by atoms with Crippen molar-refractivity contribution in [2.45, 2.75) is 13.0 Å². The van der Waals surface area contributed by atoms with Crippen LogP contribution in [0.4, 0.5) is 10.1 Å². The maximum absolute atomic E-state index is 13.1. The van der Waals surface area contributed by atoms with Crippen LogP contribution in [0.15, 0.2) is 54.6 Å². The molecule has 5 nitrogen and oxygen atoms in total. The second kappa shape index (κ2) is 7.99. The van der Waals surface area contributed by atoms with Gasteiger partial charge in [-0.25, -0.2) is 4.39 Å². The van der Waals surface area contributed by atoms with E-state index in [1.807, 2.05) is 18.2 Å². The molecule has 0 aliphatic carbocycles. The SMILES string of the molecule is CC(=O)O[C@@H](C(=O)N1CCN(c2ccc(F)cc2)CC1)c1ccccc1. The Balaban J connectivity index is 1.67. The minimum atomic E-state index is -0.925. The molecule has 1 aliphatic heterocycles. The smallest absolute Gasteiger partial charge is 0.303 e. The minimum Gasteiger partial charge on any atom is -0.447 e. The van der Waals surface area contributed by atoms with E-state index in [0.717, 1.165) is 5.69 Å². The van der Waals surface area contributed by atoms with Crippen LogP contribution in [-0.4, -0.2) is 43.0 Å². The fraction of sp³-hybridized carbons (Fsp3) is 0.300. The van der Waals surface area contributed by atoms with E-state index in [2.05, 4.69) is 4.90 Å². The van der Waals surface area contributed by atoms with Crippen molar-refractivity contribution in [3.63, 3.8) is 0 Å². The van der Waals surface area contributed by atoms with E-state index in [1.54, 1.807) is 29.2 Å². The average Bonchev–Trinajstić information content (AvgIpc) is 2.67. The third-order valence-corrected chi connectivity index (χ3v) is 4.39. The van der Waals surface area contributed by atoms with Gasteiger partial charge in [0.25, 0.3) is 5.91 Å². The topological polar surface area (TPSA) is 49.9 Å². The zero-order valence-corrected chi connectivity index (χ0v) is 14.6. The number of rotatable bonds is 4. The number of ether oxygens (including phenoxy) is 1. The summed E-state index contributed by atoms with van der Waals surface area (Å²) in [5.74, 6) is -0.975. The summed E-state index contributed by atoms with van der Waals surface area (Å²) < 4.78 is 18.4. The minimum absolute atomic E-state index is 0.217. The molecular weight excluding hydrogens is 335 g/mol. The van der Waals surface area contributed by atoms with E-state index >= 15 is 0 Å². The molecule has 0 spiro atoms. The van der Waals surface area contributed by atoms with Gasteiger partial charge >= 0.3 is 5.97 Å². The predicted octanol–water partition coefficient (Wildman–Crippen LogP) is 2.78. The van der Waals surface area contributed by atoms with Crippen molar-refractivity contribution in [2.75, 3.05) is 31.1 Å². The third kappa shape index (κ3) is 4.20. The highest BCUT2D eigenvalue weighted by Crippen LogP contribution is 2.23. The van der Waals surface area contributed by atoms with E-state index in [9.17, 15) is 14.0 Å². The van der Waals surface area contributed by atoms with Gasteiger partial charge in [0, 0.05) is 44.4 Å². The summed E-state index contributed by atoms with van der Waals surface area (Å²) in [7, 11) is 0. The van der Waals surface area contributed by atoms with Crippen molar-refractivity contribution in [2.24, 2.45) is 0 Å². The van der Waals surface area contributed by atoms with Crippen molar-refractivity contribution in [3.8, 4) is 0 Å². The van der Waals surface area contributed by atoms with Crippen LogP contribution < -0.4 is 4.90 Å². The van der Waals surface area contributed by atoms with Gasteiger partial charge in [0.05, 0.1) is 0 Å². The summed E-state index contributed by atoms with van der Waals surface area (Å²) in [6.07, 6.45) is -0.925. The molecule has 136 valence electrons. The normalized spacial score (nSPS) is 15.5. The van der Waals surface area contributed by atoms with Crippen LogP contribution in [-0.2, 0) is 14.3 Å². The van der Waals surface area contributed by atoms with Crippen molar-refractivity contribution in [1.29, 1.82) is 0 Å². The first-order chi connectivity index (χ1) is 12.5. The van der Waals surface area contributed by atoms with Gasteiger partial charge in [0.15, 0.2) is 0 Å². The molecule has 1 fully saturated rings. The second-order valence-corrected chi connectivity index (χ2v) is 6.19. The molecule has 0 unspecified atom stereocenters. The number of halogens is 1. The van der Waals surface area contributed by atoms with Crippen LogP contribution in [0.25, 0.3) is 0 Å². The predicted molar refractivity (Wildman–Crippen MR) is 96.1 cm³/mol. The largest absolute Gasteiger partial charge is 0.447 e. The summed E-state index contributed by atoms with van der Waals surface area (Å²) in [6, 6.07) is 15.4. The third-order valence-electron chi connectivity index (χ3n) is 4.39. The summed E-state index contributed by atoms with van der Waals surface area (Å²) >= 11 is 0. The van der Waals surface area contributed by atoms with Crippen LogP contribution in [0.5, 0.6) is 0 Å². The highest BCUT2D eigenvalue weighted by molar-refractivity contribution is 5.85. The van der Waals surface area contributed by atoms with Crippen molar-refractivity contribution >= 4 is 17.6 Å². The molecule has 0 saturated carbocycles. The van der Waals surface area contributed by atoms with Crippen molar-refractivity contribution in [3.05, 3.63) is 66.0 Å². The molecule has 0 aromatic heterocycles. The van der Waals surface area contributed by atoms with Crippen LogP contribution in [0.1, 0.15) is 18.6 Å². The Kier molecular flexibility index (Phi) is 5.51. The van der Waals surface area contributed by atoms with Gasteiger partial charge in [0.2, 0.25) is 6.10 Å². The number of esters is 1. The summed E-state index contributed by atoms with van der Waals surface area (Å²) in [5, 5.41) is 0. The number of benzene rings is 2. The lowest BCUT2D eigenvalue weighted by Crippen LogP contribution is -2.50. The molecule has 6 heteroatoms. The highest BCUT2D eigenvalue weighted by atomic mass is 19.1. The average molecular weight is 356 g/mol. The number of anilines is 1. The molecule has 3 rings (SSSR count). The van der Waals surface area contributed by atoms with Crippen LogP contribution in [0.2, 0.25) is 0 Å². The number of piperazine rings is 1. The Bertz CT molecular complexity index is 756. The summed E-state index contributed by atoms with van der Waals surface area (Å²) in [5.41, 5.74) is 1.59. The molecule has 1 amide bonds. The molecule has 0 N–H and O–H groups in total. The molecule has 26 heavy (non-hydrogen) atoms. The van der Waals surface area contributed by atoms with E-state index in [0.29, 0.717) is 31.7 Å². The van der Waals surface area contributed by atoms with E-state index < -0.39 is 12.1 Å². The molecule has 0 bridgehead atoms. The molecule has 1 aliphatic rings. The molecule has 1 heterocycles. The lowest BCUT2D eigenvalue weighted by molar-refractivity contribution is -0.159. The standard InChI is InChI=1S/C20H21FN2O3/c1-15(24)26-19(16-5-3-2-4-6-16)20(25)23-13-11-22(12-14-23)18-9-7-17(21)8-10-18/h2-10,19H,11-14H2,1H3/t19-/m1/s1. The number of carbonyl (C=O) groups excluding carboxylic acids is 2. The Labute approximate surface area is 152 Å². The Morgan fingerprint density at radius 1 is 0.962 bits per heavy atom. The zero-order valence-electron chi connectivity index (χ0n) is 14.6. The first-order valence-electron chi connectivity index (χ1n) is 8.56. The number of hydrogen-bond acceptors (Lipinski definition) is 4. The fourth-order valence-electron chi connectivity index (χ4n) is 3.06. The highest BCUT2D eigenvalue weighted by Gasteiger charge is 2.30. The van der Waals surface area contributed by atoms with Gasteiger partial charge in [-0.1, -0.05) is 30.3 Å². The van der Waals surface area contributed by atoms with E-state index in [-0.39, 0.29) is 11.7 Å². The Hall–Kier alpha value is -2.89. The van der Waals surface area contributed by atoms with Crippen LogP contribution >= 0.6 is 0 Å². The quantitative estimate of drug-likeness (QED) is 0.791.